The first-order valence-corrected chi connectivity index (χ1v) is 11.7. The molecular formula is C26H29F4N3O3. The molecule has 6 nitrogen and oxygen atoms in total. The maximum absolute atomic E-state index is 14.9. The number of nitrogens with one attached hydrogen (secondary N) is 1. The Balaban J connectivity index is 1.78. The van der Waals surface area contributed by atoms with Crippen molar-refractivity contribution >= 4 is 28.6 Å². The van der Waals surface area contributed by atoms with Crippen LogP contribution >= 0.6 is 0 Å². The summed E-state index contributed by atoms with van der Waals surface area (Å²) >= 11 is 0. The number of carboxylic acid groups (broad SMARTS) is 1. The van der Waals surface area contributed by atoms with Crippen molar-refractivity contribution in [3.63, 3.8) is 0 Å². The number of rotatable bonds is 6. The molecule has 2 N–H and O–H groups in total. The molecule has 0 saturated heterocycles. The average molecular weight is 508 g/mol. The highest BCUT2D eigenvalue weighted by Crippen LogP contribution is 2.51. The number of fused-ring (bicyclic) bond motifs is 1. The largest absolute Gasteiger partial charge is 0.573 e. The van der Waals surface area contributed by atoms with Crippen LogP contribution in [0, 0.1) is 16.6 Å². The van der Waals surface area contributed by atoms with Crippen LogP contribution in [-0.2, 0) is 11.2 Å². The monoisotopic (exact) mass is 507 g/mol. The number of benzene rings is 2. The number of carbonyl (C=O) groups is 1. The zero-order valence-electron chi connectivity index (χ0n) is 20.5. The molecule has 0 amide bonds. The summed E-state index contributed by atoms with van der Waals surface area (Å²) in [6.45, 7) is 8.77. The van der Waals surface area contributed by atoms with Gasteiger partial charge in [0.15, 0.2) is 0 Å². The number of aliphatic carboxylic acids is 1. The lowest BCUT2D eigenvalue weighted by Gasteiger charge is -2.45. The zero-order valence-corrected chi connectivity index (χ0v) is 20.5. The van der Waals surface area contributed by atoms with Crippen LogP contribution in [-0.4, -0.2) is 27.0 Å². The molecule has 0 unspecified atom stereocenters. The van der Waals surface area contributed by atoms with E-state index in [1.54, 1.807) is 0 Å². The third-order valence-electron chi connectivity index (χ3n) is 6.44. The van der Waals surface area contributed by atoms with E-state index in [0.29, 0.717) is 22.7 Å². The molecule has 0 radical (unpaired) electrons. The van der Waals surface area contributed by atoms with Crippen LogP contribution in [0.2, 0.25) is 0 Å². The topological polar surface area (TPSA) is 76.4 Å². The molecule has 1 saturated carbocycles. The number of nitrogens with zero attached hydrogens (tertiary/aromatic N) is 2. The summed E-state index contributed by atoms with van der Waals surface area (Å²) in [5.41, 5.74) is 1.50. The molecule has 0 spiro atoms. The summed E-state index contributed by atoms with van der Waals surface area (Å²) in [4.78, 5) is 15.8. The van der Waals surface area contributed by atoms with Gasteiger partial charge in [-0.25, -0.2) is 9.37 Å². The van der Waals surface area contributed by atoms with Crippen LogP contribution in [0.15, 0.2) is 36.4 Å². The first kappa shape index (κ1) is 25.8. The first-order valence-electron chi connectivity index (χ1n) is 11.7. The van der Waals surface area contributed by atoms with Gasteiger partial charge in [0.05, 0.1) is 17.5 Å². The number of ether oxygens (including phenoxy) is 1. The molecule has 1 aliphatic rings. The summed E-state index contributed by atoms with van der Waals surface area (Å²) in [5, 5.41) is 12.3. The highest BCUT2D eigenvalue weighted by Gasteiger charge is 2.40. The van der Waals surface area contributed by atoms with Crippen molar-refractivity contribution in [2.45, 2.75) is 65.8 Å². The molecule has 10 heteroatoms. The molecule has 3 aromatic rings. The Labute approximate surface area is 206 Å². The van der Waals surface area contributed by atoms with Crippen LogP contribution < -0.4 is 10.1 Å². The summed E-state index contributed by atoms with van der Waals surface area (Å²) in [5.74, 6) is -1.72. The van der Waals surface area contributed by atoms with Crippen molar-refractivity contribution in [2.24, 2.45) is 10.8 Å². The molecular weight excluding hydrogens is 478 g/mol. The normalized spacial score (nSPS) is 17.8. The third-order valence-corrected chi connectivity index (χ3v) is 6.44. The van der Waals surface area contributed by atoms with E-state index in [1.807, 2.05) is 4.57 Å². The maximum atomic E-state index is 14.9. The number of halogens is 4. The van der Waals surface area contributed by atoms with Crippen molar-refractivity contribution in [1.29, 1.82) is 0 Å². The van der Waals surface area contributed by atoms with Gasteiger partial charge in [-0.3, -0.25) is 4.79 Å². The molecule has 0 aliphatic heterocycles. The summed E-state index contributed by atoms with van der Waals surface area (Å²) in [7, 11) is 0. The second-order valence-corrected chi connectivity index (χ2v) is 11.1. The van der Waals surface area contributed by atoms with E-state index in [0.717, 1.165) is 19.3 Å². The van der Waals surface area contributed by atoms with Gasteiger partial charge in [-0.15, -0.1) is 13.2 Å². The van der Waals surface area contributed by atoms with E-state index in [9.17, 15) is 22.4 Å². The van der Waals surface area contributed by atoms with Gasteiger partial charge in [0.2, 0.25) is 5.95 Å². The Hall–Kier alpha value is -3.30. The van der Waals surface area contributed by atoms with Gasteiger partial charge in [0, 0.05) is 23.4 Å². The third kappa shape index (κ3) is 5.91. The van der Waals surface area contributed by atoms with E-state index in [2.05, 4.69) is 42.7 Å². The molecule has 0 atom stereocenters. The van der Waals surface area contributed by atoms with Gasteiger partial charge in [0.1, 0.15) is 11.6 Å². The fourth-order valence-electron chi connectivity index (χ4n) is 5.75. The minimum absolute atomic E-state index is 0.0126. The van der Waals surface area contributed by atoms with Crippen molar-refractivity contribution in [3.8, 4) is 5.75 Å². The van der Waals surface area contributed by atoms with Crippen LogP contribution in [0.25, 0.3) is 11.0 Å². The predicted molar refractivity (Wildman–Crippen MR) is 128 cm³/mol. The summed E-state index contributed by atoms with van der Waals surface area (Å²) < 4.78 is 58.3. The van der Waals surface area contributed by atoms with Crippen LogP contribution in [0.1, 0.15) is 58.6 Å². The molecule has 0 bridgehead atoms. The molecule has 1 aliphatic carbocycles. The SMILES string of the molecule is CC1(C)CC(n2c(Nc3ccc(OC(F)(F)F)cc3)nc3cc(CC(=O)O)c(F)cc32)CC(C)(C)C1. The lowest BCUT2D eigenvalue weighted by molar-refractivity contribution is -0.274. The molecule has 1 aromatic heterocycles. The second-order valence-electron chi connectivity index (χ2n) is 11.1. The number of hydrogen-bond acceptors (Lipinski definition) is 4. The fourth-order valence-corrected chi connectivity index (χ4v) is 5.75. The number of hydrogen-bond donors (Lipinski definition) is 2. The number of aromatic nitrogens is 2. The minimum atomic E-state index is -4.79. The van der Waals surface area contributed by atoms with Crippen molar-refractivity contribution < 1.29 is 32.2 Å². The predicted octanol–water partition coefficient (Wildman–Crippen LogP) is 7.22. The Morgan fingerprint density at radius 1 is 1.14 bits per heavy atom. The Bertz CT molecular complexity index is 1260. The summed E-state index contributed by atoms with van der Waals surface area (Å²) in [6, 6.07) is 8.00. The molecule has 194 valence electrons. The standard InChI is InChI=1S/C26H29F4N3O3/c1-24(2)12-17(13-25(3,4)14-24)33-21-11-19(27)15(10-22(34)35)9-20(21)32-23(33)31-16-5-7-18(8-6-16)36-26(28,29)30/h5-9,11,17H,10,12-14H2,1-4H3,(H,31,32)(H,34,35). The quantitative estimate of drug-likeness (QED) is 0.345. The van der Waals surface area contributed by atoms with E-state index < -0.39 is 24.6 Å². The van der Waals surface area contributed by atoms with Crippen LogP contribution in [0.4, 0.5) is 29.2 Å². The van der Waals surface area contributed by atoms with Gasteiger partial charge in [-0.1, -0.05) is 27.7 Å². The van der Waals surface area contributed by atoms with E-state index >= 15 is 0 Å². The number of imidazole rings is 1. The lowest BCUT2D eigenvalue weighted by atomic mass is 9.63. The van der Waals surface area contributed by atoms with E-state index in [-0.39, 0.29) is 28.2 Å². The Kier molecular flexibility index (Phi) is 6.43. The van der Waals surface area contributed by atoms with E-state index in [4.69, 9.17) is 5.11 Å². The maximum Gasteiger partial charge on any atom is 0.573 e. The van der Waals surface area contributed by atoms with Crippen molar-refractivity contribution in [2.75, 3.05) is 5.32 Å². The Morgan fingerprint density at radius 3 is 2.31 bits per heavy atom. The smallest absolute Gasteiger partial charge is 0.481 e. The molecule has 36 heavy (non-hydrogen) atoms. The highest BCUT2D eigenvalue weighted by atomic mass is 19.4. The van der Waals surface area contributed by atoms with Gasteiger partial charge >= 0.3 is 12.3 Å². The zero-order chi connectivity index (χ0) is 26.5. The number of carboxylic acids is 1. The van der Waals surface area contributed by atoms with Gasteiger partial charge in [-0.2, -0.15) is 0 Å². The van der Waals surface area contributed by atoms with Crippen LogP contribution in [0.3, 0.4) is 0 Å². The fraction of sp³-hybridized carbons (Fsp3) is 0.462. The number of alkyl halides is 3. The minimum Gasteiger partial charge on any atom is -0.481 e. The lowest BCUT2D eigenvalue weighted by Crippen LogP contribution is -2.35. The second kappa shape index (κ2) is 8.97. The average Bonchev–Trinajstić information content (AvgIpc) is 3.02. The molecule has 2 aromatic carbocycles. The first-order chi connectivity index (χ1) is 16.6. The molecule has 1 fully saturated rings. The van der Waals surface area contributed by atoms with E-state index in [1.165, 1.54) is 36.4 Å². The van der Waals surface area contributed by atoms with Crippen LogP contribution in [0.5, 0.6) is 5.75 Å². The Morgan fingerprint density at radius 2 is 1.75 bits per heavy atom. The van der Waals surface area contributed by atoms with Crippen molar-refractivity contribution in [3.05, 3.63) is 47.8 Å². The summed E-state index contributed by atoms with van der Waals surface area (Å²) in [6.07, 6.45) is -2.62. The molecule has 1 heterocycles. The van der Waals surface area contributed by atoms with Gasteiger partial charge in [0.25, 0.3) is 0 Å². The van der Waals surface area contributed by atoms with Gasteiger partial charge < -0.3 is 19.7 Å². The van der Waals surface area contributed by atoms with Gasteiger partial charge in [-0.05, 0) is 60.4 Å². The highest BCUT2D eigenvalue weighted by molar-refractivity contribution is 5.82. The molecule has 4 rings (SSSR count). The number of anilines is 2. The van der Waals surface area contributed by atoms with Crippen molar-refractivity contribution in [1.82, 2.24) is 9.55 Å².